The van der Waals surface area contributed by atoms with E-state index in [9.17, 15) is 4.79 Å². The molecule has 0 aliphatic rings. The number of nitrogens with zero attached hydrogens (tertiary/aromatic N) is 1. The van der Waals surface area contributed by atoms with Crippen LogP contribution in [0.4, 0.5) is 0 Å². The Hall–Kier alpha value is -0.530. The minimum absolute atomic E-state index is 0.247. The molecule has 150 valence electrons. The number of amides is 1. The normalized spacial score (nSPS) is 12.3. The molecule has 0 saturated heterocycles. The van der Waals surface area contributed by atoms with Gasteiger partial charge in [0, 0.05) is 20.0 Å². The predicted molar refractivity (Wildman–Crippen MR) is 112 cm³/mol. The molecule has 2 nitrogen and oxygen atoms in total. The minimum atomic E-state index is 0.247. The molecule has 0 aliphatic carbocycles. The second-order valence-corrected chi connectivity index (χ2v) is 8.08. The van der Waals surface area contributed by atoms with Gasteiger partial charge in [-0.05, 0) is 12.8 Å². The smallest absolute Gasteiger partial charge is 0.225 e. The van der Waals surface area contributed by atoms with Crippen LogP contribution in [0, 0.1) is 5.92 Å². The molecule has 1 atom stereocenters. The summed E-state index contributed by atoms with van der Waals surface area (Å²) in [5, 5.41) is 0. The van der Waals surface area contributed by atoms with E-state index in [-0.39, 0.29) is 5.92 Å². The fraction of sp³-hybridized carbons (Fsp3) is 0.957. The third-order valence-electron chi connectivity index (χ3n) is 5.44. The average Bonchev–Trinajstić information content (AvgIpc) is 2.61. The van der Waals surface area contributed by atoms with Crippen molar-refractivity contribution in [2.24, 2.45) is 5.92 Å². The molecule has 0 rings (SSSR count). The molecule has 0 aliphatic heterocycles. The van der Waals surface area contributed by atoms with E-state index in [0.29, 0.717) is 5.91 Å². The Morgan fingerprint density at radius 3 is 1.32 bits per heavy atom. The second kappa shape index (κ2) is 18.3. The Kier molecular flexibility index (Phi) is 17.9. The maximum absolute atomic E-state index is 12.0. The first-order valence-corrected chi connectivity index (χ1v) is 11.3. The lowest BCUT2D eigenvalue weighted by Crippen LogP contribution is -2.29. The summed E-state index contributed by atoms with van der Waals surface area (Å²) in [5.41, 5.74) is 0. The SMILES string of the molecule is CCCCCCCCCCCCCCCCCC(CC)C(=O)N(C)C. The number of carbonyl (C=O) groups is 1. The Morgan fingerprint density at radius 1 is 0.640 bits per heavy atom. The van der Waals surface area contributed by atoms with Crippen LogP contribution in [0.25, 0.3) is 0 Å². The Balaban J connectivity index is 3.27. The first-order valence-electron chi connectivity index (χ1n) is 11.3. The quantitative estimate of drug-likeness (QED) is 0.236. The van der Waals surface area contributed by atoms with Crippen LogP contribution in [-0.2, 0) is 4.79 Å². The fourth-order valence-corrected chi connectivity index (χ4v) is 3.63. The van der Waals surface area contributed by atoms with E-state index < -0.39 is 0 Å². The maximum atomic E-state index is 12.0. The molecule has 0 bridgehead atoms. The number of unbranched alkanes of at least 4 members (excludes halogenated alkanes) is 14. The van der Waals surface area contributed by atoms with Gasteiger partial charge in [-0.2, -0.15) is 0 Å². The van der Waals surface area contributed by atoms with Crippen molar-refractivity contribution in [2.75, 3.05) is 14.1 Å². The molecule has 0 spiro atoms. The van der Waals surface area contributed by atoms with Crippen LogP contribution in [0.2, 0.25) is 0 Å². The summed E-state index contributed by atoms with van der Waals surface area (Å²) in [4.78, 5) is 13.7. The van der Waals surface area contributed by atoms with E-state index in [0.717, 1.165) is 12.8 Å². The molecule has 0 saturated carbocycles. The Bertz CT molecular complexity index is 288. The second-order valence-electron chi connectivity index (χ2n) is 8.08. The summed E-state index contributed by atoms with van der Waals surface area (Å²) in [6, 6.07) is 0. The molecule has 25 heavy (non-hydrogen) atoms. The van der Waals surface area contributed by atoms with Crippen LogP contribution in [0.3, 0.4) is 0 Å². The highest BCUT2D eigenvalue weighted by Crippen LogP contribution is 2.17. The molecule has 1 amide bonds. The lowest BCUT2D eigenvalue weighted by molar-refractivity contribution is -0.133. The summed E-state index contributed by atoms with van der Waals surface area (Å²) in [6.07, 6.45) is 23.0. The van der Waals surface area contributed by atoms with Gasteiger partial charge in [-0.15, -0.1) is 0 Å². The summed E-state index contributed by atoms with van der Waals surface area (Å²) in [7, 11) is 3.74. The third-order valence-corrected chi connectivity index (χ3v) is 5.44. The van der Waals surface area contributed by atoms with Gasteiger partial charge in [0.2, 0.25) is 5.91 Å². The minimum Gasteiger partial charge on any atom is -0.349 e. The zero-order chi connectivity index (χ0) is 18.8. The molecule has 0 fully saturated rings. The lowest BCUT2D eigenvalue weighted by Gasteiger charge is -2.18. The number of rotatable bonds is 18. The first kappa shape index (κ1) is 24.5. The summed E-state index contributed by atoms with van der Waals surface area (Å²) < 4.78 is 0. The van der Waals surface area contributed by atoms with Gasteiger partial charge in [0.15, 0.2) is 0 Å². The zero-order valence-corrected chi connectivity index (χ0v) is 18.0. The van der Waals surface area contributed by atoms with Crippen molar-refractivity contribution in [1.29, 1.82) is 0 Å². The van der Waals surface area contributed by atoms with E-state index in [2.05, 4.69) is 13.8 Å². The van der Waals surface area contributed by atoms with Crippen molar-refractivity contribution in [1.82, 2.24) is 4.90 Å². The number of hydrogen-bond acceptors (Lipinski definition) is 1. The highest BCUT2D eigenvalue weighted by atomic mass is 16.2. The van der Waals surface area contributed by atoms with Gasteiger partial charge in [0.05, 0.1) is 0 Å². The van der Waals surface area contributed by atoms with Crippen molar-refractivity contribution in [3.63, 3.8) is 0 Å². The summed E-state index contributed by atoms with van der Waals surface area (Å²) in [6.45, 7) is 4.42. The van der Waals surface area contributed by atoms with Crippen LogP contribution in [0.1, 0.15) is 123 Å². The van der Waals surface area contributed by atoms with E-state index in [4.69, 9.17) is 0 Å². The molecule has 0 aromatic heterocycles. The van der Waals surface area contributed by atoms with Crippen molar-refractivity contribution in [3.05, 3.63) is 0 Å². The van der Waals surface area contributed by atoms with Crippen LogP contribution in [0.15, 0.2) is 0 Å². The highest BCUT2D eigenvalue weighted by Gasteiger charge is 2.17. The van der Waals surface area contributed by atoms with Crippen molar-refractivity contribution in [3.8, 4) is 0 Å². The Morgan fingerprint density at radius 2 is 1.00 bits per heavy atom. The van der Waals surface area contributed by atoms with Gasteiger partial charge in [-0.25, -0.2) is 0 Å². The van der Waals surface area contributed by atoms with E-state index >= 15 is 0 Å². The fourth-order valence-electron chi connectivity index (χ4n) is 3.63. The maximum Gasteiger partial charge on any atom is 0.225 e. The van der Waals surface area contributed by atoms with Gasteiger partial charge >= 0.3 is 0 Å². The van der Waals surface area contributed by atoms with Crippen LogP contribution < -0.4 is 0 Å². The molecule has 0 radical (unpaired) electrons. The standard InChI is InChI=1S/C23H47NO/c1-5-7-8-9-10-11-12-13-14-15-16-17-18-19-20-21-22(6-2)23(25)24(3)4/h22H,5-21H2,1-4H3. The highest BCUT2D eigenvalue weighted by molar-refractivity contribution is 5.78. The zero-order valence-electron chi connectivity index (χ0n) is 18.0. The molecule has 0 N–H and O–H groups in total. The van der Waals surface area contributed by atoms with Crippen molar-refractivity contribution >= 4 is 5.91 Å². The van der Waals surface area contributed by atoms with E-state index in [1.165, 1.54) is 96.3 Å². The van der Waals surface area contributed by atoms with Gasteiger partial charge in [-0.1, -0.05) is 110 Å². The third kappa shape index (κ3) is 15.4. The van der Waals surface area contributed by atoms with Crippen LogP contribution in [-0.4, -0.2) is 24.9 Å². The summed E-state index contributed by atoms with van der Waals surface area (Å²) >= 11 is 0. The molecular weight excluding hydrogens is 306 g/mol. The van der Waals surface area contributed by atoms with Gasteiger partial charge in [0.25, 0.3) is 0 Å². The number of hydrogen-bond donors (Lipinski definition) is 0. The summed E-state index contributed by atoms with van der Waals surface area (Å²) in [5.74, 6) is 0.560. The van der Waals surface area contributed by atoms with Crippen molar-refractivity contribution in [2.45, 2.75) is 123 Å². The molecule has 0 aromatic rings. The molecule has 1 unspecified atom stereocenters. The lowest BCUT2D eigenvalue weighted by atomic mass is 9.96. The molecule has 2 heteroatoms. The molecular formula is C23H47NO. The van der Waals surface area contributed by atoms with Crippen LogP contribution >= 0.6 is 0 Å². The molecule has 0 heterocycles. The van der Waals surface area contributed by atoms with E-state index in [1.54, 1.807) is 4.90 Å². The van der Waals surface area contributed by atoms with Gasteiger partial charge in [0.1, 0.15) is 0 Å². The van der Waals surface area contributed by atoms with Gasteiger partial charge < -0.3 is 4.90 Å². The van der Waals surface area contributed by atoms with Crippen LogP contribution in [0.5, 0.6) is 0 Å². The average molecular weight is 354 g/mol. The van der Waals surface area contributed by atoms with Crippen molar-refractivity contribution < 1.29 is 4.79 Å². The largest absolute Gasteiger partial charge is 0.349 e. The first-order chi connectivity index (χ1) is 12.1. The molecule has 0 aromatic carbocycles. The Labute approximate surface area is 159 Å². The predicted octanol–water partition coefficient (Wildman–Crippen LogP) is 7.36. The van der Waals surface area contributed by atoms with E-state index in [1.807, 2.05) is 14.1 Å². The topological polar surface area (TPSA) is 20.3 Å². The van der Waals surface area contributed by atoms with Gasteiger partial charge in [-0.3, -0.25) is 4.79 Å². The number of carbonyl (C=O) groups excluding carboxylic acids is 1. The monoisotopic (exact) mass is 353 g/mol.